The van der Waals surface area contributed by atoms with Gasteiger partial charge in [0, 0.05) is 23.2 Å². The fourth-order valence-corrected chi connectivity index (χ4v) is 2.79. The highest BCUT2D eigenvalue weighted by molar-refractivity contribution is 6.73. The highest BCUT2D eigenvalue weighted by Crippen LogP contribution is 2.53. The number of carbonyl (C=O) groups excluding carboxylic acids is 1. The summed E-state index contributed by atoms with van der Waals surface area (Å²) in [6.07, 6.45) is 1.82. The zero-order valence-electron chi connectivity index (χ0n) is 16.0. The largest absolute Gasteiger partial charge is 0.476 e. The molecule has 6 heteroatoms. The van der Waals surface area contributed by atoms with E-state index >= 15 is 0 Å². The Morgan fingerprint density at radius 2 is 1.96 bits per heavy atom. The van der Waals surface area contributed by atoms with E-state index in [1.165, 1.54) is 7.11 Å². The second-order valence-corrected chi connectivity index (χ2v) is 8.27. The molecule has 1 aliphatic heterocycles. The van der Waals surface area contributed by atoms with Crippen LogP contribution < -0.4 is 10.2 Å². The number of esters is 1. The topological polar surface area (TPSA) is 57.7 Å². The highest BCUT2D eigenvalue weighted by Gasteiger charge is 2.59. The number of aryl methyl sites for hydroxylation is 1. The number of rotatable bonds is 5. The lowest BCUT2D eigenvalue weighted by Gasteiger charge is -2.57. The van der Waals surface area contributed by atoms with E-state index in [4.69, 9.17) is 14.1 Å². The summed E-state index contributed by atoms with van der Waals surface area (Å²) >= 11 is 0. The van der Waals surface area contributed by atoms with Crippen LogP contribution in [0.1, 0.15) is 47.1 Å². The minimum atomic E-state index is -0.716. The van der Waals surface area contributed by atoms with Crippen molar-refractivity contribution in [3.63, 3.8) is 0 Å². The molecule has 24 heavy (non-hydrogen) atoms. The Labute approximate surface area is 145 Å². The highest BCUT2D eigenvalue weighted by atomic mass is 16.5. The molecule has 0 bridgehead atoms. The predicted octanol–water partition coefficient (Wildman–Crippen LogP) is 2.76. The van der Waals surface area contributed by atoms with E-state index in [9.17, 15) is 4.79 Å². The quantitative estimate of drug-likeness (QED) is 0.613. The summed E-state index contributed by atoms with van der Waals surface area (Å²) in [6, 6.07) is 1.90. The summed E-state index contributed by atoms with van der Waals surface area (Å²) in [5, 5.41) is 0.0364. The van der Waals surface area contributed by atoms with Crippen LogP contribution in [0, 0.1) is 12.3 Å². The van der Waals surface area contributed by atoms with Crippen molar-refractivity contribution < 1.29 is 18.9 Å². The number of hydrogen-bond donors (Lipinski definition) is 0. The average molecular weight is 333 g/mol. The lowest BCUT2D eigenvalue weighted by molar-refractivity contribution is -0.152. The van der Waals surface area contributed by atoms with Crippen molar-refractivity contribution in [3.8, 4) is 5.88 Å². The van der Waals surface area contributed by atoms with Gasteiger partial charge in [0.15, 0.2) is 0 Å². The first-order valence-corrected chi connectivity index (χ1v) is 8.28. The van der Waals surface area contributed by atoms with Crippen LogP contribution in [0.15, 0.2) is 12.3 Å². The SMILES string of the molecule is COC(=O)C(C)(C)COc1cc(C)c(B2OC(C)(C)C2(C)C)cn1. The van der Waals surface area contributed by atoms with Gasteiger partial charge in [-0.05, 0) is 45.6 Å². The van der Waals surface area contributed by atoms with E-state index in [0.717, 1.165) is 11.0 Å². The fraction of sp³-hybridized carbons (Fsp3) is 0.667. The van der Waals surface area contributed by atoms with Crippen LogP contribution in [0.4, 0.5) is 0 Å². The Hall–Kier alpha value is -1.56. The number of ether oxygens (including phenoxy) is 2. The van der Waals surface area contributed by atoms with Crippen LogP contribution >= 0.6 is 0 Å². The van der Waals surface area contributed by atoms with Crippen LogP contribution in [0.2, 0.25) is 5.31 Å². The molecule has 1 saturated heterocycles. The number of carbonyl (C=O) groups is 1. The molecule has 0 atom stereocenters. The molecule has 1 aliphatic rings. The molecule has 1 aromatic heterocycles. The van der Waals surface area contributed by atoms with Gasteiger partial charge in [-0.25, -0.2) is 4.98 Å². The first-order chi connectivity index (χ1) is 10.9. The minimum absolute atomic E-state index is 0.0283. The molecule has 0 aromatic carbocycles. The average Bonchev–Trinajstić information content (AvgIpc) is 2.50. The summed E-state index contributed by atoms with van der Waals surface area (Å²) in [7, 11) is 1.38. The molecule has 2 rings (SSSR count). The monoisotopic (exact) mass is 333 g/mol. The van der Waals surface area contributed by atoms with Crippen molar-refractivity contribution in [1.29, 1.82) is 0 Å². The number of aromatic nitrogens is 1. The molecule has 1 aromatic rings. The molecular formula is C18H28BNO4. The zero-order chi connectivity index (χ0) is 18.3. The maximum atomic E-state index is 11.7. The number of hydrogen-bond acceptors (Lipinski definition) is 5. The van der Waals surface area contributed by atoms with E-state index in [2.05, 4.69) is 32.7 Å². The molecule has 2 heterocycles. The van der Waals surface area contributed by atoms with Gasteiger partial charge in [0.2, 0.25) is 5.88 Å². The Kier molecular flexibility index (Phi) is 4.75. The summed E-state index contributed by atoms with van der Waals surface area (Å²) in [5.41, 5.74) is 1.29. The molecular weight excluding hydrogens is 305 g/mol. The van der Waals surface area contributed by atoms with Gasteiger partial charge >= 0.3 is 12.9 Å². The van der Waals surface area contributed by atoms with Crippen molar-refractivity contribution in [3.05, 3.63) is 17.8 Å². The first kappa shape index (κ1) is 18.8. The Balaban J connectivity index is 2.10. The molecule has 132 valence electrons. The number of pyridine rings is 1. The third-order valence-corrected chi connectivity index (χ3v) is 5.35. The minimum Gasteiger partial charge on any atom is -0.476 e. The molecule has 0 saturated carbocycles. The summed E-state index contributed by atoms with van der Waals surface area (Å²) < 4.78 is 16.6. The van der Waals surface area contributed by atoms with Gasteiger partial charge in [-0.3, -0.25) is 4.79 Å². The smallest absolute Gasteiger partial charge is 0.337 e. The number of methoxy groups -OCH3 is 1. The standard InChI is InChI=1S/C18H28BNO4/c1-12-9-14(23-11-16(2,3)15(21)22-8)20-10-13(12)19-17(4,5)18(6,7)24-19/h9-10H,11H2,1-8H3. The molecule has 0 unspecified atom stereocenters. The lowest BCUT2D eigenvalue weighted by atomic mass is 9.33. The Morgan fingerprint density at radius 3 is 2.42 bits per heavy atom. The predicted molar refractivity (Wildman–Crippen MR) is 94.9 cm³/mol. The van der Waals surface area contributed by atoms with Crippen molar-refractivity contribution in [1.82, 2.24) is 4.98 Å². The fourth-order valence-electron chi connectivity index (χ4n) is 2.79. The van der Waals surface area contributed by atoms with Gasteiger partial charge in [-0.1, -0.05) is 13.8 Å². The van der Waals surface area contributed by atoms with E-state index in [-0.39, 0.29) is 30.4 Å². The van der Waals surface area contributed by atoms with E-state index in [0.29, 0.717) is 5.88 Å². The molecule has 0 aliphatic carbocycles. The van der Waals surface area contributed by atoms with E-state index < -0.39 is 5.41 Å². The van der Waals surface area contributed by atoms with Crippen LogP contribution in [0.25, 0.3) is 0 Å². The summed E-state index contributed by atoms with van der Waals surface area (Å²) in [4.78, 5) is 16.1. The zero-order valence-corrected chi connectivity index (χ0v) is 16.0. The van der Waals surface area contributed by atoms with Gasteiger partial charge in [-0.15, -0.1) is 0 Å². The van der Waals surface area contributed by atoms with Crippen molar-refractivity contribution in [2.24, 2.45) is 5.41 Å². The molecule has 0 radical (unpaired) electrons. The van der Waals surface area contributed by atoms with E-state index in [1.807, 2.05) is 19.2 Å². The number of nitrogens with zero attached hydrogens (tertiary/aromatic N) is 1. The van der Waals surface area contributed by atoms with Gasteiger partial charge in [0.05, 0.1) is 12.5 Å². The normalized spacial score (nSPS) is 18.8. The van der Waals surface area contributed by atoms with Crippen molar-refractivity contribution >= 4 is 18.3 Å². The lowest BCUT2D eigenvalue weighted by Crippen LogP contribution is -2.66. The van der Waals surface area contributed by atoms with Gasteiger partial charge in [0.25, 0.3) is 0 Å². The maximum Gasteiger partial charge on any atom is 0.337 e. The van der Waals surface area contributed by atoms with Gasteiger partial charge in [-0.2, -0.15) is 0 Å². The third kappa shape index (κ3) is 3.16. The molecule has 0 spiro atoms. The Bertz CT molecular complexity index is 640. The Morgan fingerprint density at radius 1 is 1.33 bits per heavy atom. The second kappa shape index (κ2) is 6.06. The molecule has 5 nitrogen and oxygen atoms in total. The first-order valence-electron chi connectivity index (χ1n) is 8.28. The van der Waals surface area contributed by atoms with E-state index in [1.54, 1.807) is 13.8 Å². The van der Waals surface area contributed by atoms with Gasteiger partial charge < -0.3 is 14.1 Å². The molecule has 0 N–H and O–H groups in total. The van der Waals surface area contributed by atoms with Crippen molar-refractivity contribution in [2.75, 3.05) is 13.7 Å². The molecule has 0 amide bonds. The van der Waals surface area contributed by atoms with Crippen molar-refractivity contribution in [2.45, 2.75) is 59.4 Å². The van der Waals surface area contributed by atoms with Gasteiger partial charge in [0.1, 0.15) is 6.61 Å². The second-order valence-electron chi connectivity index (χ2n) is 8.27. The van der Waals surface area contributed by atoms with Crippen LogP contribution in [-0.4, -0.2) is 37.2 Å². The molecule has 1 fully saturated rings. The van der Waals surface area contributed by atoms with Crippen LogP contribution in [0.3, 0.4) is 0 Å². The summed E-state index contributed by atoms with van der Waals surface area (Å²) in [6.45, 7) is 14.5. The maximum absolute atomic E-state index is 11.7. The summed E-state index contributed by atoms with van der Waals surface area (Å²) in [5.74, 6) is 0.201. The van der Waals surface area contributed by atoms with Crippen LogP contribution in [0.5, 0.6) is 5.88 Å². The van der Waals surface area contributed by atoms with Crippen LogP contribution in [-0.2, 0) is 14.2 Å². The third-order valence-electron chi connectivity index (χ3n) is 5.35.